The maximum Gasteiger partial charge on any atom is 0.228 e. The molecule has 3 rings (SSSR count). The van der Waals surface area contributed by atoms with Crippen molar-refractivity contribution in [3.05, 3.63) is 55.7 Å². The van der Waals surface area contributed by atoms with E-state index in [2.05, 4.69) is 53.1 Å². The molecule has 1 aromatic carbocycles. The standard InChI is InChI=1S/C20H19Br2FN4OS/c1-4-27(3)11-24-16-9-15(21)20(25-12(16)2)28-10-17-18(22)19(26-29-17)13-5-7-14(23)8-6-13/h5-9,11H,4,10H2,1-3H3/b24-11+. The van der Waals surface area contributed by atoms with Crippen LogP contribution >= 0.6 is 43.4 Å². The second-order valence-electron chi connectivity index (χ2n) is 6.26. The van der Waals surface area contributed by atoms with E-state index in [1.54, 1.807) is 18.5 Å². The molecule has 2 heterocycles. The fourth-order valence-electron chi connectivity index (χ4n) is 2.35. The molecule has 0 bridgehead atoms. The van der Waals surface area contributed by atoms with Crippen LogP contribution in [0.25, 0.3) is 11.3 Å². The van der Waals surface area contributed by atoms with Crippen molar-refractivity contribution in [2.24, 2.45) is 4.99 Å². The number of hydrogen-bond acceptors (Lipinski definition) is 5. The molecule has 0 aliphatic heterocycles. The highest BCUT2D eigenvalue weighted by Crippen LogP contribution is 2.35. The molecule has 0 N–H and O–H groups in total. The number of hydrogen-bond donors (Lipinski definition) is 0. The summed E-state index contributed by atoms with van der Waals surface area (Å²) in [7, 11) is 1.96. The van der Waals surface area contributed by atoms with Gasteiger partial charge in [-0.15, -0.1) is 0 Å². The van der Waals surface area contributed by atoms with Crippen molar-refractivity contribution in [3.63, 3.8) is 0 Å². The molecule has 152 valence electrons. The molecule has 0 spiro atoms. The minimum atomic E-state index is -0.274. The van der Waals surface area contributed by atoms with Crippen molar-refractivity contribution in [2.45, 2.75) is 20.5 Å². The quantitative estimate of drug-likeness (QED) is 0.257. The first-order valence-corrected chi connectivity index (χ1v) is 11.2. The van der Waals surface area contributed by atoms with Crippen LogP contribution in [-0.2, 0) is 6.61 Å². The van der Waals surface area contributed by atoms with E-state index in [4.69, 9.17) is 4.74 Å². The van der Waals surface area contributed by atoms with Gasteiger partial charge in [0.05, 0.1) is 37.2 Å². The molecule has 0 aliphatic rings. The maximum absolute atomic E-state index is 13.1. The maximum atomic E-state index is 13.1. The van der Waals surface area contributed by atoms with Gasteiger partial charge in [-0.1, -0.05) is 0 Å². The number of aryl methyl sites for hydroxylation is 1. The lowest BCUT2D eigenvalue weighted by Crippen LogP contribution is -2.14. The highest BCUT2D eigenvalue weighted by Gasteiger charge is 2.15. The van der Waals surface area contributed by atoms with E-state index in [-0.39, 0.29) is 5.82 Å². The zero-order valence-electron chi connectivity index (χ0n) is 16.1. The number of aliphatic imine (C=N–C) groups is 1. The predicted molar refractivity (Wildman–Crippen MR) is 123 cm³/mol. The predicted octanol–water partition coefficient (Wildman–Crippen LogP) is 6.37. The number of halogens is 3. The largest absolute Gasteiger partial charge is 0.471 e. The van der Waals surface area contributed by atoms with Gasteiger partial charge in [0.2, 0.25) is 5.88 Å². The molecule has 0 atom stereocenters. The third-order valence-corrected chi connectivity index (χ3v) is 6.66. The number of benzene rings is 1. The van der Waals surface area contributed by atoms with E-state index in [9.17, 15) is 4.39 Å². The first kappa shape index (κ1) is 21.9. The van der Waals surface area contributed by atoms with E-state index >= 15 is 0 Å². The summed E-state index contributed by atoms with van der Waals surface area (Å²) in [6.07, 6.45) is 1.78. The molecule has 9 heteroatoms. The molecule has 0 amide bonds. The van der Waals surface area contributed by atoms with Gasteiger partial charge in [0.25, 0.3) is 0 Å². The highest BCUT2D eigenvalue weighted by molar-refractivity contribution is 9.11. The van der Waals surface area contributed by atoms with Crippen LogP contribution in [-0.4, -0.2) is 34.2 Å². The highest BCUT2D eigenvalue weighted by atomic mass is 79.9. The van der Waals surface area contributed by atoms with Crippen molar-refractivity contribution in [1.82, 2.24) is 14.3 Å². The van der Waals surface area contributed by atoms with Gasteiger partial charge in [0, 0.05) is 19.2 Å². The van der Waals surface area contributed by atoms with Gasteiger partial charge in [-0.25, -0.2) is 14.4 Å². The van der Waals surface area contributed by atoms with Crippen LogP contribution in [0.4, 0.5) is 10.1 Å². The summed E-state index contributed by atoms with van der Waals surface area (Å²) in [5.74, 6) is 0.220. The van der Waals surface area contributed by atoms with Crippen LogP contribution in [0.15, 0.2) is 44.3 Å². The smallest absolute Gasteiger partial charge is 0.228 e. The van der Waals surface area contributed by atoms with Gasteiger partial charge in [-0.2, -0.15) is 4.37 Å². The van der Waals surface area contributed by atoms with Gasteiger partial charge in [-0.3, -0.25) is 0 Å². The number of nitrogens with zero attached hydrogens (tertiary/aromatic N) is 4. The number of aromatic nitrogens is 2. The van der Waals surface area contributed by atoms with Crippen molar-refractivity contribution in [1.29, 1.82) is 0 Å². The molecule has 0 unspecified atom stereocenters. The molecule has 0 saturated carbocycles. The summed E-state index contributed by atoms with van der Waals surface area (Å²) in [4.78, 5) is 11.9. The summed E-state index contributed by atoms with van der Waals surface area (Å²) < 4.78 is 25.1. The molecule has 29 heavy (non-hydrogen) atoms. The zero-order chi connectivity index (χ0) is 21.0. The second-order valence-corrected chi connectivity index (χ2v) is 8.77. The Bertz CT molecular complexity index is 1020. The summed E-state index contributed by atoms with van der Waals surface area (Å²) in [6.45, 7) is 5.14. The molecular weight excluding hydrogens is 523 g/mol. The first-order chi connectivity index (χ1) is 13.9. The Labute approximate surface area is 190 Å². The molecule has 0 aliphatic carbocycles. The fourth-order valence-corrected chi connectivity index (χ4v) is 4.22. The van der Waals surface area contributed by atoms with Gasteiger partial charge in [-0.05, 0) is 87.6 Å². The SMILES string of the molecule is CCN(C)/C=N/c1cc(Br)c(OCc2snc(-c3ccc(F)cc3)c2Br)nc1C. The molecule has 3 aromatic rings. The van der Waals surface area contributed by atoms with Gasteiger partial charge < -0.3 is 9.64 Å². The van der Waals surface area contributed by atoms with Crippen molar-refractivity contribution in [3.8, 4) is 17.1 Å². The topological polar surface area (TPSA) is 50.6 Å². The molecule has 0 saturated heterocycles. The molecule has 0 fully saturated rings. The second kappa shape index (κ2) is 9.77. The van der Waals surface area contributed by atoms with Gasteiger partial charge in [0.15, 0.2) is 0 Å². The van der Waals surface area contributed by atoms with Crippen LogP contribution in [0.5, 0.6) is 5.88 Å². The Morgan fingerprint density at radius 2 is 2.00 bits per heavy atom. The van der Waals surface area contributed by atoms with Crippen LogP contribution in [0.1, 0.15) is 17.5 Å². The Balaban J connectivity index is 1.74. The van der Waals surface area contributed by atoms with Crippen LogP contribution in [0.3, 0.4) is 0 Å². The summed E-state index contributed by atoms with van der Waals surface area (Å²) in [5.41, 5.74) is 3.16. The minimum absolute atomic E-state index is 0.274. The third-order valence-electron chi connectivity index (χ3n) is 4.16. The Kier molecular flexibility index (Phi) is 7.37. The monoisotopic (exact) mass is 540 g/mol. The van der Waals surface area contributed by atoms with Crippen LogP contribution < -0.4 is 4.74 Å². The number of rotatable bonds is 7. The average Bonchev–Trinajstić information content (AvgIpc) is 3.08. The molecular formula is C20H19Br2FN4OS. The summed E-state index contributed by atoms with van der Waals surface area (Å²) in [5, 5.41) is 0. The Morgan fingerprint density at radius 3 is 2.69 bits per heavy atom. The van der Waals surface area contributed by atoms with E-state index in [1.807, 2.05) is 24.9 Å². The lowest BCUT2D eigenvalue weighted by atomic mass is 10.1. The first-order valence-electron chi connectivity index (χ1n) is 8.83. The lowest BCUT2D eigenvalue weighted by molar-refractivity contribution is 0.294. The van der Waals surface area contributed by atoms with Crippen LogP contribution in [0.2, 0.25) is 0 Å². The Hall–Kier alpha value is -1.84. The molecule has 0 radical (unpaired) electrons. The molecule has 5 nitrogen and oxygen atoms in total. The number of pyridine rings is 1. The van der Waals surface area contributed by atoms with Crippen molar-refractivity contribution >= 4 is 55.4 Å². The summed E-state index contributed by atoms with van der Waals surface area (Å²) >= 11 is 8.43. The van der Waals surface area contributed by atoms with Crippen LogP contribution in [0, 0.1) is 12.7 Å². The number of ether oxygens (including phenoxy) is 1. The van der Waals surface area contributed by atoms with Crippen molar-refractivity contribution in [2.75, 3.05) is 13.6 Å². The van der Waals surface area contributed by atoms with Gasteiger partial charge in [0.1, 0.15) is 12.4 Å². The van der Waals surface area contributed by atoms with E-state index in [0.717, 1.165) is 43.0 Å². The molecule has 2 aromatic heterocycles. The normalized spacial score (nSPS) is 11.2. The zero-order valence-corrected chi connectivity index (χ0v) is 20.1. The van der Waals surface area contributed by atoms with E-state index in [1.165, 1.54) is 23.7 Å². The average molecular weight is 542 g/mol. The van der Waals surface area contributed by atoms with Gasteiger partial charge >= 0.3 is 0 Å². The van der Waals surface area contributed by atoms with Crippen molar-refractivity contribution < 1.29 is 9.13 Å². The van der Waals surface area contributed by atoms with E-state index in [0.29, 0.717) is 12.5 Å². The minimum Gasteiger partial charge on any atom is -0.471 e. The fraction of sp³-hybridized carbons (Fsp3) is 0.250. The summed E-state index contributed by atoms with van der Waals surface area (Å²) in [6, 6.07) is 8.14. The lowest BCUT2D eigenvalue weighted by Gasteiger charge is -2.11. The van der Waals surface area contributed by atoms with E-state index < -0.39 is 0 Å². The Morgan fingerprint density at radius 1 is 1.28 bits per heavy atom. The third kappa shape index (κ3) is 5.40.